The zero-order valence-corrected chi connectivity index (χ0v) is 32.3. The van der Waals surface area contributed by atoms with E-state index < -0.39 is 0 Å². The summed E-state index contributed by atoms with van der Waals surface area (Å²) in [6, 6.07) is 62.8. The van der Waals surface area contributed by atoms with E-state index in [1.54, 1.807) is 0 Å². The maximum atomic E-state index is 2.49. The summed E-state index contributed by atoms with van der Waals surface area (Å²) < 4.78 is 0. The number of para-hydroxylation sites is 4. The molecule has 2 nitrogen and oxygen atoms in total. The third kappa shape index (κ3) is 5.39. The van der Waals surface area contributed by atoms with Crippen LogP contribution in [-0.4, -0.2) is 0 Å². The Morgan fingerprint density at radius 1 is 0.439 bits per heavy atom. The van der Waals surface area contributed by atoms with E-state index in [2.05, 4.69) is 218 Å². The van der Waals surface area contributed by atoms with E-state index >= 15 is 0 Å². The monoisotopic (exact) mass is 730 g/mol. The first kappa shape index (κ1) is 33.4. The largest absolute Gasteiger partial charge is 0.309 e. The molecule has 0 unspecified atom stereocenters. The molecule has 2 aliphatic heterocycles. The Morgan fingerprint density at radius 3 is 1.67 bits per heavy atom. The molecule has 8 aromatic rings. The lowest BCUT2D eigenvalue weighted by molar-refractivity contribution is 0.660. The minimum atomic E-state index is -0.165. The molecule has 0 atom stereocenters. The van der Waals surface area contributed by atoms with Crippen LogP contribution in [0, 0.1) is 0 Å². The second kappa shape index (κ2) is 13.1. The molecular weight excluding hydrogens is 689 g/mol. The molecule has 3 aliphatic rings. The molecule has 2 heterocycles. The Kier molecular flexibility index (Phi) is 7.69. The van der Waals surface area contributed by atoms with Crippen LogP contribution in [0.1, 0.15) is 58.4 Å². The Morgan fingerprint density at radius 2 is 0.982 bits per heavy atom. The number of hydrogen-bond donors (Lipinski definition) is 0. The van der Waals surface area contributed by atoms with Crippen LogP contribution in [0.5, 0.6) is 0 Å². The quantitative estimate of drug-likeness (QED) is 0.166. The maximum absolute atomic E-state index is 2.49. The lowest BCUT2D eigenvalue weighted by Crippen LogP contribution is -2.17. The maximum Gasteiger partial charge on any atom is 0.0540 e. The van der Waals surface area contributed by atoms with Gasteiger partial charge in [0.05, 0.1) is 17.1 Å². The van der Waals surface area contributed by atoms with Crippen LogP contribution in [0.2, 0.25) is 0 Å². The number of rotatable bonds is 4. The van der Waals surface area contributed by atoms with Gasteiger partial charge in [-0.25, -0.2) is 0 Å². The number of nitrogens with zero attached hydrogens (tertiary/aromatic N) is 2. The molecule has 57 heavy (non-hydrogen) atoms. The molecule has 11 rings (SSSR count). The predicted octanol–water partition coefficient (Wildman–Crippen LogP) is 14.8. The van der Waals surface area contributed by atoms with Crippen molar-refractivity contribution in [1.29, 1.82) is 0 Å². The Labute approximate surface area is 335 Å². The van der Waals surface area contributed by atoms with Gasteiger partial charge < -0.3 is 9.80 Å². The normalized spacial score (nSPS) is 14.6. The van der Waals surface area contributed by atoms with Gasteiger partial charge in [0.25, 0.3) is 0 Å². The van der Waals surface area contributed by atoms with Gasteiger partial charge in [-0.05, 0) is 116 Å². The smallest absolute Gasteiger partial charge is 0.0540 e. The highest BCUT2D eigenvalue weighted by molar-refractivity contribution is 6.04. The summed E-state index contributed by atoms with van der Waals surface area (Å²) in [6.45, 7) is 4.76. The van der Waals surface area contributed by atoms with Crippen LogP contribution in [-0.2, 0) is 18.3 Å². The molecule has 2 heteroatoms. The average molecular weight is 731 g/mol. The lowest BCUT2D eigenvalue weighted by atomic mass is 9.81. The summed E-state index contributed by atoms with van der Waals surface area (Å²) in [5.74, 6) is 0. The molecular formula is C55H42N2. The third-order valence-electron chi connectivity index (χ3n) is 12.5. The molecule has 0 saturated carbocycles. The molecule has 0 amide bonds. The summed E-state index contributed by atoms with van der Waals surface area (Å²) in [4.78, 5) is 4.92. The summed E-state index contributed by atoms with van der Waals surface area (Å²) in [5.41, 5.74) is 20.2. The van der Waals surface area contributed by atoms with Crippen LogP contribution in [0.25, 0.3) is 46.2 Å². The van der Waals surface area contributed by atoms with E-state index in [1.165, 1.54) is 101 Å². The Hall–Kier alpha value is -6.90. The zero-order valence-electron chi connectivity index (χ0n) is 32.3. The van der Waals surface area contributed by atoms with Gasteiger partial charge in [0.2, 0.25) is 0 Å². The average Bonchev–Trinajstić information content (AvgIpc) is 3.38. The predicted molar refractivity (Wildman–Crippen MR) is 243 cm³/mol. The Bertz CT molecular complexity index is 2860. The van der Waals surface area contributed by atoms with E-state index in [4.69, 9.17) is 0 Å². The highest BCUT2D eigenvalue weighted by Crippen LogP contribution is 2.52. The highest BCUT2D eigenvalue weighted by atomic mass is 15.2. The first-order valence-electron chi connectivity index (χ1n) is 20.1. The molecule has 0 N–H and O–H groups in total. The second-order valence-corrected chi connectivity index (χ2v) is 16.1. The van der Waals surface area contributed by atoms with Gasteiger partial charge in [0.15, 0.2) is 0 Å². The fraction of sp³-hybridized carbons (Fsp3) is 0.0909. The van der Waals surface area contributed by atoms with Crippen LogP contribution >= 0.6 is 0 Å². The van der Waals surface area contributed by atoms with Gasteiger partial charge in [-0.1, -0.05) is 166 Å². The third-order valence-corrected chi connectivity index (χ3v) is 12.5. The minimum Gasteiger partial charge on any atom is -0.309 e. The van der Waals surface area contributed by atoms with Crippen LogP contribution in [0.4, 0.5) is 34.1 Å². The molecule has 272 valence electrons. The van der Waals surface area contributed by atoms with Crippen molar-refractivity contribution in [3.05, 3.63) is 214 Å². The SMILES string of the molecule is CC1(C)c2cc(C=Cc3cccc4c(N5c6ccccc6CCc6ccccc65)cccc34)ccc2-c2ccc(N3c4ccccc4C=Cc4ccccc43)cc21. The summed E-state index contributed by atoms with van der Waals surface area (Å²) >= 11 is 0. The molecule has 0 bridgehead atoms. The fourth-order valence-corrected chi connectivity index (χ4v) is 9.62. The first-order valence-corrected chi connectivity index (χ1v) is 20.1. The van der Waals surface area contributed by atoms with Crippen molar-refractivity contribution < 1.29 is 0 Å². The van der Waals surface area contributed by atoms with Crippen molar-refractivity contribution in [3.63, 3.8) is 0 Å². The van der Waals surface area contributed by atoms with Crippen LogP contribution < -0.4 is 9.80 Å². The second-order valence-electron chi connectivity index (χ2n) is 16.1. The van der Waals surface area contributed by atoms with Crippen molar-refractivity contribution in [2.24, 2.45) is 0 Å². The van der Waals surface area contributed by atoms with Gasteiger partial charge in [-0.15, -0.1) is 0 Å². The Balaban J connectivity index is 0.954. The molecule has 0 radical (unpaired) electrons. The van der Waals surface area contributed by atoms with E-state index in [1.807, 2.05) is 0 Å². The summed E-state index contributed by atoms with van der Waals surface area (Å²) in [7, 11) is 0. The van der Waals surface area contributed by atoms with Gasteiger partial charge in [0, 0.05) is 27.9 Å². The van der Waals surface area contributed by atoms with Crippen molar-refractivity contribution in [1.82, 2.24) is 0 Å². The van der Waals surface area contributed by atoms with Gasteiger partial charge in [0.1, 0.15) is 0 Å². The molecule has 0 saturated heterocycles. The summed E-state index contributed by atoms with van der Waals surface area (Å²) in [6.07, 6.45) is 11.1. The highest BCUT2D eigenvalue weighted by Gasteiger charge is 2.36. The molecule has 0 aromatic heterocycles. The lowest BCUT2D eigenvalue weighted by Gasteiger charge is -2.29. The van der Waals surface area contributed by atoms with Crippen LogP contribution in [0.3, 0.4) is 0 Å². The van der Waals surface area contributed by atoms with E-state index in [9.17, 15) is 0 Å². The van der Waals surface area contributed by atoms with Gasteiger partial charge >= 0.3 is 0 Å². The van der Waals surface area contributed by atoms with E-state index in [-0.39, 0.29) is 5.41 Å². The summed E-state index contributed by atoms with van der Waals surface area (Å²) in [5, 5.41) is 2.50. The standard InChI is InChI=1S/C55H42N2/c1-55(2)48-35-37(26-33-45(48)46-34-32-43(36-49(46)55)56-50-20-7-3-13-39(50)28-29-40-14-4-8-21-51(40)56)25-27-38-17-11-19-47-44(38)18-12-24-54(47)57-52-22-9-5-15-41(52)30-31-42-16-6-10-23-53(42)57/h3-29,32-36H,30-31H2,1-2H3. The molecule has 0 fully saturated rings. The van der Waals surface area contributed by atoms with E-state index in [0.29, 0.717) is 0 Å². The first-order chi connectivity index (χ1) is 28.0. The number of aryl methyl sites for hydroxylation is 2. The molecule has 8 aromatic carbocycles. The van der Waals surface area contributed by atoms with Crippen molar-refractivity contribution >= 4 is 69.2 Å². The van der Waals surface area contributed by atoms with Gasteiger partial charge in [-0.2, -0.15) is 0 Å². The molecule has 1 aliphatic carbocycles. The van der Waals surface area contributed by atoms with Gasteiger partial charge in [-0.3, -0.25) is 0 Å². The number of fused-ring (bicyclic) bond motifs is 8. The van der Waals surface area contributed by atoms with Crippen molar-refractivity contribution in [2.45, 2.75) is 32.1 Å². The van der Waals surface area contributed by atoms with Crippen molar-refractivity contribution in [2.75, 3.05) is 9.80 Å². The minimum absolute atomic E-state index is 0.165. The number of hydrogen-bond acceptors (Lipinski definition) is 2. The van der Waals surface area contributed by atoms with Crippen LogP contribution in [0.15, 0.2) is 170 Å². The number of anilines is 6. The number of benzene rings is 8. The fourth-order valence-electron chi connectivity index (χ4n) is 9.62. The zero-order chi connectivity index (χ0) is 38.1. The topological polar surface area (TPSA) is 6.48 Å². The van der Waals surface area contributed by atoms with Crippen molar-refractivity contribution in [3.8, 4) is 11.1 Å². The van der Waals surface area contributed by atoms with E-state index in [0.717, 1.165) is 12.8 Å². The molecule has 0 spiro atoms.